The van der Waals surface area contributed by atoms with Crippen LogP contribution in [0.1, 0.15) is 21.7 Å². The van der Waals surface area contributed by atoms with Crippen molar-refractivity contribution in [3.8, 4) is 22.5 Å². The number of rotatable bonds is 8. The maximum atomic E-state index is 11.7. The second-order valence-corrected chi connectivity index (χ2v) is 7.11. The molecule has 2 N–H and O–H groups in total. The SMILES string of the molecule is C=CCN(Cc1ccc(-c2ccccc2-c2nn[nH]n2)cc1)c1nc(C)ncc1C(=O)O.Cl. The van der Waals surface area contributed by atoms with Crippen LogP contribution in [0.15, 0.2) is 67.4 Å². The average molecular weight is 464 g/mol. The summed E-state index contributed by atoms with van der Waals surface area (Å²) in [6.45, 7) is 6.45. The van der Waals surface area contributed by atoms with E-state index in [2.05, 4.69) is 37.2 Å². The van der Waals surface area contributed by atoms with Gasteiger partial charge in [-0.05, 0) is 28.8 Å². The molecule has 0 bridgehead atoms. The van der Waals surface area contributed by atoms with Gasteiger partial charge in [0.1, 0.15) is 17.2 Å². The summed E-state index contributed by atoms with van der Waals surface area (Å²) in [5.41, 5.74) is 3.93. The van der Waals surface area contributed by atoms with Gasteiger partial charge in [-0.25, -0.2) is 14.8 Å². The van der Waals surface area contributed by atoms with Crippen LogP contribution >= 0.6 is 12.4 Å². The molecule has 0 aliphatic rings. The van der Waals surface area contributed by atoms with Crippen molar-refractivity contribution in [3.05, 3.63) is 84.3 Å². The number of carboxylic acid groups (broad SMARTS) is 1. The number of anilines is 1. The lowest BCUT2D eigenvalue weighted by Gasteiger charge is -2.24. The zero-order chi connectivity index (χ0) is 22.5. The minimum Gasteiger partial charge on any atom is -0.477 e. The summed E-state index contributed by atoms with van der Waals surface area (Å²) in [7, 11) is 0. The Kier molecular flexibility index (Phi) is 7.47. The number of tetrazole rings is 1. The Morgan fingerprint density at radius 1 is 1.15 bits per heavy atom. The van der Waals surface area contributed by atoms with Crippen molar-refractivity contribution in [2.45, 2.75) is 13.5 Å². The minimum absolute atomic E-state index is 0. The van der Waals surface area contributed by atoms with E-state index in [9.17, 15) is 9.90 Å². The van der Waals surface area contributed by atoms with E-state index in [-0.39, 0.29) is 18.0 Å². The monoisotopic (exact) mass is 463 g/mol. The first-order chi connectivity index (χ1) is 15.6. The van der Waals surface area contributed by atoms with Gasteiger partial charge in [0.25, 0.3) is 0 Å². The van der Waals surface area contributed by atoms with Crippen molar-refractivity contribution in [2.75, 3.05) is 11.4 Å². The van der Waals surface area contributed by atoms with Gasteiger partial charge in [0.15, 0.2) is 0 Å². The van der Waals surface area contributed by atoms with Crippen LogP contribution in [0.4, 0.5) is 5.82 Å². The van der Waals surface area contributed by atoms with Crippen LogP contribution in [0, 0.1) is 6.92 Å². The number of nitrogens with one attached hydrogen (secondary N) is 1. The van der Waals surface area contributed by atoms with E-state index in [1.54, 1.807) is 13.0 Å². The van der Waals surface area contributed by atoms with Crippen molar-refractivity contribution in [3.63, 3.8) is 0 Å². The minimum atomic E-state index is -1.07. The van der Waals surface area contributed by atoms with Gasteiger partial charge in [-0.1, -0.05) is 54.6 Å². The quantitative estimate of drug-likeness (QED) is 0.377. The first kappa shape index (κ1) is 23.6. The molecule has 0 amide bonds. The highest BCUT2D eigenvalue weighted by Crippen LogP contribution is 2.30. The zero-order valence-electron chi connectivity index (χ0n) is 17.8. The van der Waals surface area contributed by atoms with Gasteiger partial charge in [0.05, 0.1) is 0 Å². The number of H-pyrrole nitrogens is 1. The molecule has 0 unspecified atom stereocenters. The number of carbonyl (C=O) groups is 1. The number of hydrogen-bond donors (Lipinski definition) is 2. The van der Waals surface area contributed by atoms with Gasteiger partial charge in [0, 0.05) is 24.8 Å². The topological polar surface area (TPSA) is 121 Å². The Balaban J connectivity index is 0.00000306. The molecule has 0 saturated heterocycles. The highest BCUT2D eigenvalue weighted by Gasteiger charge is 2.19. The van der Waals surface area contributed by atoms with Crippen LogP contribution in [-0.4, -0.2) is 48.2 Å². The van der Waals surface area contributed by atoms with Crippen LogP contribution in [0.3, 0.4) is 0 Å². The summed E-state index contributed by atoms with van der Waals surface area (Å²) < 4.78 is 0. The van der Waals surface area contributed by atoms with Crippen molar-refractivity contribution in [1.29, 1.82) is 0 Å². The number of carboxylic acids is 1. The molecule has 0 saturated carbocycles. The van der Waals surface area contributed by atoms with Gasteiger partial charge in [0.2, 0.25) is 5.82 Å². The van der Waals surface area contributed by atoms with Crippen LogP contribution < -0.4 is 4.90 Å². The molecule has 2 aromatic heterocycles. The first-order valence-electron chi connectivity index (χ1n) is 9.91. The van der Waals surface area contributed by atoms with Gasteiger partial charge in [-0.2, -0.15) is 5.21 Å². The van der Waals surface area contributed by atoms with Crippen molar-refractivity contribution in [2.24, 2.45) is 0 Å². The Bertz CT molecular complexity index is 1240. The van der Waals surface area contributed by atoms with E-state index in [1.165, 1.54) is 6.20 Å². The van der Waals surface area contributed by atoms with Crippen LogP contribution in [0.25, 0.3) is 22.5 Å². The van der Waals surface area contributed by atoms with Crippen molar-refractivity contribution < 1.29 is 9.90 Å². The Morgan fingerprint density at radius 2 is 1.88 bits per heavy atom. The predicted molar refractivity (Wildman–Crippen MR) is 127 cm³/mol. The molecule has 0 radical (unpaired) electrons. The largest absolute Gasteiger partial charge is 0.477 e. The van der Waals surface area contributed by atoms with Crippen LogP contribution in [0.2, 0.25) is 0 Å². The summed E-state index contributed by atoms with van der Waals surface area (Å²) in [5, 5.41) is 23.9. The summed E-state index contributed by atoms with van der Waals surface area (Å²) >= 11 is 0. The molecule has 4 aromatic rings. The Hall–Kier alpha value is -4.11. The molecule has 168 valence electrons. The molecule has 4 rings (SSSR count). The third-order valence-corrected chi connectivity index (χ3v) is 4.92. The Morgan fingerprint density at radius 3 is 2.52 bits per heavy atom. The number of aryl methyl sites for hydroxylation is 1. The van der Waals surface area contributed by atoms with Gasteiger partial charge in [-0.3, -0.25) is 0 Å². The highest BCUT2D eigenvalue weighted by atomic mass is 35.5. The molecular weight excluding hydrogens is 442 g/mol. The summed E-state index contributed by atoms with van der Waals surface area (Å²) in [6, 6.07) is 15.9. The molecule has 2 heterocycles. The fourth-order valence-electron chi connectivity index (χ4n) is 3.45. The zero-order valence-corrected chi connectivity index (χ0v) is 18.7. The molecular formula is C23H22ClN7O2. The second-order valence-electron chi connectivity index (χ2n) is 7.11. The third-order valence-electron chi connectivity index (χ3n) is 4.92. The van der Waals surface area contributed by atoms with E-state index in [0.29, 0.717) is 30.6 Å². The van der Waals surface area contributed by atoms with Gasteiger partial charge < -0.3 is 10.0 Å². The van der Waals surface area contributed by atoms with Crippen LogP contribution in [-0.2, 0) is 6.54 Å². The molecule has 0 atom stereocenters. The lowest BCUT2D eigenvalue weighted by molar-refractivity contribution is 0.0696. The normalized spacial score (nSPS) is 10.3. The smallest absolute Gasteiger partial charge is 0.341 e. The number of aromatic amines is 1. The second kappa shape index (κ2) is 10.5. The average Bonchev–Trinajstić information content (AvgIpc) is 3.34. The fourth-order valence-corrected chi connectivity index (χ4v) is 3.45. The van der Waals surface area contributed by atoms with Crippen molar-refractivity contribution in [1.82, 2.24) is 30.6 Å². The molecule has 0 aliphatic heterocycles. The standard InChI is InChI=1S/C23H21N7O2.ClH/c1-3-12-30(22-20(23(31)32)13-24-15(2)25-22)14-16-8-10-17(11-9-16)18-6-4-5-7-19(18)21-26-28-29-27-21;/h3-11,13H,1,12,14H2,2H3,(H,31,32)(H,26,27,28,29);1H. The number of halogens is 1. The number of aromatic carboxylic acids is 1. The summed E-state index contributed by atoms with van der Waals surface area (Å²) in [5.74, 6) is 0.341. The van der Waals surface area contributed by atoms with E-state index in [4.69, 9.17) is 0 Å². The van der Waals surface area contributed by atoms with Gasteiger partial charge in [-0.15, -0.1) is 29.2 Å². The van der Waals surface area contributed by atoms with Crippen LogP contribution in [0.5, 0.6) is 0 Å². The maximum absolute atomic E-state index is 11.7. The molecule has 0 aliphatic carbocycles. The maximum Gasteiger partial charge on any atom is 0.341 e. The lowest BCUT2D eigenvalue weighted by Crippen LogP contribution is -2.26. The number of hydrogen-bond acceptors (Lipinski definition) is 7. The molecule has 33 heavy (non-hydrogen) atoms. The van der Waals surface area contributed by atoms with Gasteiger partial charge >= 0.3 is 5.97 Å². The molecule has 0 fully saturated rings. The third kappa shape index (κ3) is 5.21. The number of nitrogens with zero attached hydrogens (tertiary/aromatic N) is 6. The van der Waals surface area contributed by atoms with E-state index >= 15 is 0 Å². The number of benzene rings is 2. The van der Waals surface area contributed by atoms with E-state index in [0.717, 1.165) is 22.3 Å². The molecule has 9 nitrogen and oxygen atoms in total. The van der Waals surface area contributed by atoms with E-state index < -0.39 is 5.97 Å². The molecule has 2 aromatic carbocycles. The fraction of sp³-hybridized carbons (Fsp3) is 0.130. The highest BCUT2D eigenvalue weighted by molar-refractivity contribution is 5.93. The number of aromatic nitrogens is 6. The molecule has 10 heteroatoms. The summed E-state index contributed by atoms with van der Waals surface area (Å²) in [6.07, 6.45) is 3.06. The molecule has 0 spiro atoms. The summed E-state index contributed by atoms with van der Waals surface area (Å²) in [4.78, 5) is 21.9. The van der Waals surface area contributed by atoms with E-state index in [1.807, 2.05) is 53.4 Å². The lowest BCUT2D eigenvalue weighted by atomic mass is 9.98. The Labute approximate surface area is 196 Å². The van der Waals surface area contributed by atoms with Crippen molar-refractivity contribution >= 4 is 24.2 Å². The predicted octanol–water partition coefficient (Wildman–Crippen LogP) is 3.94. The first-order valence-corrected chi connectivity index (χ1v) is 9.91.